The number of nitrogens with zero attached hydrogens (tertiary/aromatic N) is 1. The maximum Gasteiger partial charge on any atom is 0.344 e. The zero-order valence-corrected chi connectivity index (χ0v) is 26.1. The van der Waals surface area contributed by atoms with E-state index < -0.39 is 21.6 Å². The predicted molar refractivity (Wildman–Crippen MR) is 175 cm³/mol. The van der Waals surface area contributed by atoms with Crippen LogP contribution < -0.4 is 19.8 Å². The van der Waals surface area contributed by atoms with E-state index in [0.29, 0.717) is 39.1 Å². The molecule has 0 spiro atoms. The van der Waals surface area contributed by atoms with E-state index in [1.807, 2.05) is 18.2 Å². The number of para-hydroxylation sites is 1. The van der Waals surface area contributed by atoms with Crippen LogP contribution in [-0.4, -0.2) is 39.8 Å². The van der Waals surface area contributed by atoms with E-state index in [0.717, 1.165) is 0 Å². The quantitative estimate of drug-likeness (QED) is 0.170. The lowest BCUT2D eigenvalue weighted by molar-refractivity contribution is 0.0524. The number of furan rings is 1. The molecule has 0 saturated heterocycles. The first-order valence-corrected chi connectivity index (χ1v) is 15.9. The van der Waals surface area contributed by atoms with Crippen LogP contribution in [0.5, 0.6) is 11.5 Å². The first-order chi connectivity index (χ1) is 22.2. The van der Waals surface area contributed by atoms with Gasteiger partial charge in [-0.05, 0) is 55.0 Å². The van der Waals surface area contributed by atoms with Gasteiger partial charge >= 0.3 is 5.97 Å². The maximum absolute atomic E-state index is 14.4. The lowest BCUT2D eigenvalue weighted by atomic mass is 9.98. The number of anilines is 1. The normalized spacial score (nSPS) is 11.5. The Bertz CT molecular complexity index is 2240. The molecule has 2 heterocycles. The second-order valence-electron chi connectivity index (χ2n) is 10.3. The summed E-state index contributed by atoms with van der Waals surface area (Å²) in [6.45, 7) is 1.76. The molecule has 0 bridgehead atoms. The fourth-order valence-electron chi connectivity index (χ4n) is 5.44. The summed E-state index contributed by atoms with van der Waals surface area (Å²) >= 11 is 0. The summed E-state index contributed by atoms with van der Waals surface area (Å²) in [6.07, 6.45) is 0. The fourth-order valence-corrected chi connectivity index (χ4v) is 6.51. The molecule has 2 aromatic heterocycles. The molecular formula is C35H30N2O8S. The Morgan fingerprint density at radius 2 is 1.61 bits per heavy atom. The highest BCUT2D eigenvalue weighted by Crippen LogP contribution is 2.39. The topological polar surface area (TPSA) is 126 Å². The summed E-state index contributed by atoms with van der Waals surface area (Å²) < 4.78 is 52.9. The molecule has 0 aliphatic rings. The van der Waals surface area contributed by atoms with Crippen LogP contribution in [0.25, 0.3) is 33.2 Å². The van der Waals surface area contributed by atoms with Gasteiger partial charge in [0.05, 0.1) is 43.5 Å². The van der Waals surface area contributed by atoms with Crippen LogP contribution in [0.1, 0.15) is 22.8 Å². The predicted octanol–water partition coefficient (Wildman–Crippen LogP) is 6.46. The van der Waals surface area contributed by atoms with Gasteiger partial charge in [-0.1, -0.05) is 48.5 Å². The van der Waals surface area contributed by atoms with Crippen LogP contribution >= 0.6 is 0 Å². The van der Waals surface area contributed by atoms with Crippen LogP contribution in [0, 0.1) is 0 Å². The molecule has 11 heteroatoms. The van der Waals surface area contributed by atoms with Crippen molar-refractivity contribution in [3.05, 3.63) is 119 Å². The van der Waals surface area contributed by atoms with E-state index in [2.05, 4.69) is 4.72 Å². The summed E-state index contributed by atoms with van der Waals surface area (Å²) in [6, 6.07) is 27.0. The lowest BCUT2D eigenvalue weighted by Gasteiger charge is -2.16. The minimum atomic E-state index is -3.89. The molecule has 0 radical (unpaired) electrons. The van der Waals surface area contributed by atoms with Crippen molar-refractivity contribution in [1.82, 2.24) is 4.57 Å². The largest absolute Gasteiger partial charge is 0.497 e. The number of rotatable bonds is 10. The van der Waals surface area contributed by atoms with Gasteiger partial charge in [0.2, 0.25) is 0 Å². The molecule has 0 fully saturated rings. The monoisotopic (exact) mass is 638 g/mol. The SMILES string of the molecule is CCOC(=O)c1c(-c2ccc(OC)cc2)c2oc3cc(NS(=O)(=O)c4ccccc4)ccc3c2n(Cc2ccccc2OC)c1=O. The number of hydrogen-bond acceptors (Lipinski definition) is 8. The molecule has 0 saturated carbocycles. The number of nitrogens with one attached hydrogen (secondary N) is 1. The third kappa shape index (κ3) is 5.56. The van der Waals surface area contributed by atoms with E-state index in [1.54, 1.807) is 87.9 Å². The number of carbonyl (C=O) groups excluding carboxylic acids is 1. The Hall–Kier alpha value is -5.55. The highest BCUT2D eigenvalue weighted by Gasteiger charge is 2.29. The summed E-state index contributed by atoms with van der Waals surface area (Å²) in [5, 5.41) is 0.537. The highest BCUT2D eigenvalue weighted by atomic mass is 32.2. The molecule has 4 aromatic carbocycles. The van der Waals surface area contributed by atoms with Crippen LogP contribution in [0.4, 0.5) is 5.69 Å². The van der Waals surface area contributed by atoms with E-state index in [-0.39, 0.29) is 40.4 Å². The van der Waals surface area contributed by atoms with Crippen molar-refractivity contribution >= 4 is 43.7 Å². The number of carbonyl (C=O) groups is 1. The van der Waals surface area contributed by atoms with Crippen LogP contribution in [0.15, 0.2) is 111 Å². The number of benzene rings is 4. The molecule has 46 heavy (non-hydrogen) atoms. The average Bonchev–Trinajstić information content (AvgIpc) is 3.44. The van der Waals surface area contributed by atoms with Gasteiger partial charge in [-0.3, -0.25) is 14.1 Å². The Morgan fingerprint density at radius 1 is 0.891 bits per heavy atom. The molecule has 0 unspecified atom stereocenters. The summed E-state index contributed by atoms with van der Waals surface area (Å²) in [7, 11) is -0.809. The number of fused-ring (bicyclic) bond motifs is 3. The van der Waals surface area contributed by atoms with Crippen molar-refractivity contribution in [2.75, 3.05) is 25.5 Å². The van der Waals surface area contributed by atoms with Crippen molar-refractivity contribution in [3.63, 3.8) is 0 Å². The van der Waals surface area contributed by atoms with Gasteiger partial charge in [0.15, 0.2) is 5.58 Å². The molecule has 234 valence electrons. The van der Waals surface area contributed by atoms with Gasteiger partial charge < -0.3 is 18.6 Å². The summed E-state index contributed by atoms with van der Waals surface area (Å²) in [5.74, 6) is 0.345. The van der Waals surface area contributed by atoms with E-state index >= 15 is 0 Å². The Kier molecular flexibility index (Phi) is 8.25. The summed E-state index contributed by atoms with van der Waals surface area (Å²) in [5.41, 5.74) is 1.92. The minimum absolute atomic E-state index is 0.0473. The van der Waals surface area contributed by atoms with Crippen LogP contribution in [0.2, 0.25) is 0 Å². The lowest BCUT2D eigenvalue weighted by Crippen LogP contribution is -2.29. The molecule has 0 amide bonds. The molecule has 10 nitrogen and oxygen atoms in total. The highest BCUT2D eigenvalue weighted by molar-refractivity contribution is 7.92. The van der Waals surface area contributed by atoms with E-state index in [9.17, 15) is 18.0 Å². The number of pyridine rings is 1. The Labute approximate surface area is 264 Å². The molecule has 6 rings (SSSR count). The second kappa shape index (κ2) is 12.4. The first-order valence-electron chi connectivity index (χ1n) is 14.4. The number of aromatic nitrogens is 1. The molecule has 0 aliphatic heterocycles. The van der Waals surface area contributed by atoms with Crippen molar-refractivity contribution in [1.29, 1.82) is 0 Å². The molecule has 0 atom stereocenters. The van der Waals surface area contributed by atoms with E-state index in [4.69, 9.17) is 18.6 Å². The standard InChI is InChI=1S/C35H30N2O8S/c1-4-44-35(39)31-30(22-14-17-25(42-2)18-15-22)33-32(37(34(31)38)21-23-10-8-9-13-28(23)43-3)27-19-16-24(20-29(27)45-33)36-46(40,41)26-11-6-5-7-12-26/h5-20,36H,4,21H2,1-3H3. The van der Waals surface area contributed by atoms with Gasteiger partial charge in [0.25, 0.3) is 15.6 Å². The first kappa shape index (κ1) is 30.5. The molecule has 6 aromatic rings. The van der Waals surface area contributed by atoms with Crippen molar-refractivity contribution in [2.24, 2.45) is 0 Å². The molecular weight excluding hydrogens is 608 g/mol. The van der Waals surface area contributed by atoms with Crippen molar-refractivity contribution in [2.45, 2.75) is 18.4 Å². The van der Waals surface area contributed by atoms with Gasteiger partial charge in [0, 0.05) is 22.6 Å². The number of sulfonamides is 1. The number of esters is 1. The van der Waals surface area contributed by atoms with Gasteiger partial charge in [-0.2, -0.15) is 0 Å². The number of hydrogen-bond donors (Lipinski definition) is 1. The maximum atomic E-state index is 14.4. The minimum Gasteiger partial charge on any atom is -0.497 e. The van der Waals surface area contributed by atoms with Crippen LogP contribution in [-0.2, 0) is 21.3 Å². The van der Waals surface area contributed by atoms with E-state index in [1.165, 1.54) is 16.7 Å². The zero-order valence-electron chi connectivity index (χ0n) is 25.3. The average molecular weight is 639 g/mol. The third-order valence-corrected chi connectivity index (χ3v) is 8.95. The van der Waals surface area contributed by atoms with Crippen LogP contribution in [0.3, 0.4) is 0 Å². The van der Waals surface area contributed by atoms with Crippen molar-refractivity contribution < 1.29 is 31.8 Å². The van der Waals surface area contributed by atoms with Gasteiger partial charge in [-0.25, -0.2) is 13.2 Å². The number of methoxy groups -OCH3 is 2. The van der Waals surface area contributed by atoms with Crippen molar-refractivity contribution in [3.8, 4) is 22.6 Å². The molecule has 0 aliphatic carbocycles. The second-order valence-corrected chi connectivity index (χ2v) is 12.0. The third-order valence-electron chi connectivity index (χ3n) is 7.55. The van der Waals surface area contributed by atoms with Gasteiger partial charge in [-0.15, -0.1) is 0 Å². The van der Waals surface area contributed by atoms with Gasteiger partial charge in [0.1, 0.15) is 22.6 Å². The zero-order chi connectivity index (χ0) is 32.4. The Morgan fingerprint density at radius 3 is 2.30 bits per heavy atom. The Balaban J connectivity index is 1.65. The molecule has 1 N–H and O–H groups in total. The number of ether oxygens (including phenoxy) is 3. The smallest absolute Gasteiger partial charge is 0.344 e. The fraction of sp³-hybridized carbons (Fsp3) is 0.143. The summed E-state index contributed by atoms with van der Waals surface area (Å²) in [4.78, 5) is 28.1.